The third kappa shape index (κ3) is 4.51. The van der Waals surface area contributed by atoms with Crippen LogP contribution in [0.3, 0.4) is 0 Å². The molecule has 8 heteroatoms. The van der Waals surface area contributed by atoms with E-state index in [1.807, 2.05) is 24.3 Å². The molecule has 0 saturated heterocycles. The van der Waals surface area contributed by atoms with Crippen LogP contribution < -0.4 is 0 Å². The molecule has 2 aromatic carbocycles. The fraction of sp³-hybridized carbons (Fsp3) is 0.263. The van der Waals surface area contributed by atoms with Gasteiger partial charge in [0, 0.05) is 10.6 Å². The summed E-state index contributed by atoms with van der Waals surface area (Å²) >= 11 is 1.28. The number of hydrogen-bond donors (Lipinski definition) is 0. The molecule has 27 heavy (non-hydrogen) atoms. The predicted octanol–water partition coefficient (Wildman–Crippen LogP) is 4.39. The number of halogens is 1. The van der Waals surface area contributed by atoms with Gasteiger partial charge in [-0.2, -0.15) is 0 Å². The Bertz CT molecular complexity index is 926. The van der Waals surface area contributed by atoms with Crippen molar-refractivity contribution in [2.75, 3.05) is 6.54 Å². The third-order valence-corrected chi connectivity index (χ3v) is 5.38. The number of hydrogen-bond acceptors (Lipinski definition) is 5. The highest BCUT2D eigenvalue weighted by atomic mass is 32.2. The van der Waals surface area contributed by atoms with Gasteiger partial charge in [-0.25, -0.2) is 4.39 Å². The average Bonchev–Trinajstić information content (AvgIpc) is 3.02. The Labute approximate surface area is 160 Å². The zero-order valence-electron chi connectivity index (χ0n) is 15.0. The third-order valence-electron chi connectivity index (χ3n) is 4.20. The van der Waals surface area contributed by atoms with E-state index in [0.717, 1.165) is 12.0 Å². The molecule has 0 bridgehead atoms. The summed E-state index contributed by atoms with van der Waals surface area (Å²) in [6.45, 7) is 3.62. The lowest BCUT2D eigenvalue weighted by Crippen LogP contribution is -2.11. The van der Waals surface area contributed by atoms with E-state index in [1.54, 1.807) is 23.6 Å². The van der Waals surface area contributed by atoms with Crippen LogP contribution in [0.4, 0.5) is 4.39 Å². The molecule has 0 spiro atoms. The zero-order chi connectivity index (χ0) is 19.4. The summed E-state index contributed by atoms with van der Waals surface area (Å²) in [5.41, 5.74) is 2.75. The van der Waals surface area contributed by atoms with Crippen LogP contribution in [0.5, 0.6) is 0 Å². The van der Waals surface area contributed by atoms with Crippen molar-refractivity contribution in [3.8, 4) is 5.69 Å². The van der Waals surface area contributed by atoms with Crippen LogP contribution in [0.2, 0.25) is 0 Å². The van der Waals surface area contributed by atoms with Gasteiger partial charge in [0.25, 0.3) is 0 Å². The maximum atomic E-state index is 13.2. The summed E-state index contributed by atoms with van der Waals surface area (Å²) in [6, 6.07) is 13.8. The molecule has 0 fully saturated rings. The van der Waals surface area contributed by atoms with E-state index in [2.05, 4.69) is 17.1 Å². The van der Waals surface area contributed by atoms with E-state index in [4.69, 9.17) is 0 Å². The van der Waals surface area contributed by atoms with Gasteiger partial charge in [0.1, 0.15) is 16.9 Å². The van der Waals surface area contributed by atoms with Crippen molar-refractivity contribution < 1.29 is 9.31 Å². The molecule has 0 saturated carbocycles. The second-order valence-corrected chi connectivity index (χ2v) is 7.23. The SMILES string of the molecule is CCc1ccc([C@H](C[N+](=O)[O-])Sc2nnc(C)n2-c2ccc(F)cc2)cc1. The van der Waals surface area contributed by atoms with Crippen LogP contribution >= 0.6 is 11.8 Å². The molecule has 1 heterocycles. The van der Waals surface area contributed by atoms with Crippen molar-refractivity contribution in [3.05, 3.63) is 81.4 Å². The zero-order valence-corrected chi connectivity index (χ0v) is 15.8. The Hall–Kier alpha value is -2.74. The molecule has 3 rings (SSSR count). The molecule has 0 amide bonds. The number of benzene rings is 2. The summed E-state index contributed by atoms with van der Waals surface area (Å²) in [6.07, 6.45) is 0.908. The lowest BCUT2D eigenvalue weighted by molar-refractivity contribution is -0.479. The van der Waals surface area contributed by atoms with Crippen LogP contribution in [-0.2, 0) is 6.42 Å². The molecule has 0 radical (unpaired) electrons. The van der Waals surface area contributed by atoms with E-state index in [9.17, 15) is 14.5 Å². The van der Waals surface area contributed by atoms with Crippen molar-refractivity contribution in [1.29, 1.82) is 0 Å². The molecular weight excluding hydrogens is 367 g/mol. The fourth-order valence-electron chi connectivity index (χ4n) is 2.75. The molecule has 0 aliphatic heterocycles. The van der Waals surface area contributed by atoms with Gasteiger partial charge in [-0.15, -0.1) is 10.2 Å². The van der Waals surface area contributed by atoms with Crippen LogP contribution in [0.15, 0.2) is 53.7 Å². The predicted molar refractivity (Wildman–Crippen MR) is 102 cm³/mol. The standard InChI is InChI=1S/C19H19FN4O2S/c1-3-14-4-6-15(7-5-14)18(12-23(25)26)27-19-22-21-13(2)24(19)17-10-8-16(20)9-11-17/h4-11,18H,3,12H2,1-2H3/t18-/m0/s1. The second-order valence-electron chi connectivity index (χ2n) is 6.06. The van der Waals surface area contributed by atoms with Gasteiger partial charge in [-0.3, -0.25) is 14.7 Å². The Morgan fingerprint density at radius 1 is 1.15 bits per heavy atom. The molecule has 6 nitrogen and oxygen atoms in total. The van der Waals surface area contributed by atoms with Crippen molar-refractivity contribution in [1.82, 2.24) is 14.8 Å². The van der Waals surface area contributed by atoms with Crippen molar-refractivity contribution in [2.45, 2.75) is 30.7 Å². The van der Waals surface area contributed by atoms with Crippen LogP contribution in [0.1, 0.15) is 29.1 Å². The van der Waals surface area contributed by atoms with Gasteiger partial charge in [-0.05, 0) is 48.7 Å². The maximum Gasteiger partial charge on any atom is 0.220 e. The van der Waals surface area contributed by atoms with E-state index in [-0.39, 0.29) is 17.3 Å². The van der Waals surface area contributed by atoms with Gasteiger partial charge < -0.3 is 0 Å². The molecule has 0 aliphatic rings. The Morgan fingerprint density at radius 2 is 1.81 bits per heavy atom. The highest BCUT2D eigenvalue weighted by Crippen LogP contribution is 2.36. The van der Waals surface area contributed by atoms with Gasteiger partial charge in [0.05, 0.1) is 0 Å². The topological polar surface area (TPSA) is 73.8 Å². The summed E-state index contributed by atoms with van der Waals surface area (Å²) < 4.78 is 15.0. The largest absolute Gasteiger partial charge is 0.274 e. The summed E-state index contributed by atoms with van der Waals surface area (Å²) in [5, 5.41) is 19.6. The first-order valence-electron chi connectivity index (χ1n) is 8.53. The molecule has 1 atom stereocenters. The smallest absolute Gasteiger partial charge is 0.220 e. The average molecular weight is 386 g/mol. The molecule has 3 aromatic rings. The maximum absolute atomic E-state index is 13.2. The van der Waals surface area contributed by atoms with Gasteiger partial charge >= 0.3 is 0 Å². The number of nitro groups is 1. The van der Waals surface area contributed by atoms with E-state index in [1.165, 1.54) is 29.5 Å². The Balaban J connectivity index is 1.94. The molecule has 0 N–H and O–H groups in total. The minimum atomic E-state index is -0.409. The van der Waals surface area contributed by atoms with Crippen LogP contribution in [-0.4, -0.2) is 26.2 Å². The summed E-state index contributed by atoms with van der Waals surface area (Å²) in [4.78, 5) is 10.9. The normalized spacial score (nSPS) is 12.1. The summed E-state index contributed by atoms with van der Waals surface area (Å²) in [5.74, 6) is 0.297. The lowest BCUT2D eigenvalue weighted by Gasteiger charge is -2.14. The monoisotopic (exact) mass is 386 g/mol. The molecule has 1 aromatic heterocycles. The van der Waals surface area contributed by atoms with Gasteiger partial charge in [0.2, 0.25) is 6.54 Å². The quantitative estimate of drug-likeness (QED) is 0.342. The minimum absolute atomic E-state index is 0.231. The number of nitrogens with zero attached hydrogens (tertiary/aromatic N) is 4. The number of aryl methyl sites for hydroxylation is 2. The fourth-order valence-corrected chi connectivity index (χ4v) is 3.92. The van der Waals surface area contributed by atoms with E-state index < -0.39 is 5.25 Å². The lowest BCUT2D eigenvalue weighted by atomic mass is 10.1. The number of rotatable bonds is 7. The van der Waals surface area contributed by atoms with Crippen molar-refractivity contribution >= 4 is 11.8 Å². The van der Waals surface area contributed by atoms with Crippen LogP contribution in [0, 0.1) is 22.9 Å². The number of aromatic nitrogens is 3. The number of thioether (sulfide) groups is 1. The van der Waals surface area contributed by atoms with Crippen molar-refractivity contribution in [3.63, 3.8) is 0 Å². The highest BCUT2D eigenvalue weighted by Gasteiger charge is 2.23. The molecule has 140 valence electrons. The van der Waals surface area contributed by atoms with E-state index in [0.29, 0.717) is 16.7 Å². The molecule has 0 aliphatic carbocycles. The van der Waals surface area contributed by atoms with E-state index >= 15 is 0 Å². The first-order valence-corrected chi connectivity index (χ1v) is 9.41. The van der Waals surface area contributed by atoms with Gasteiger partial charge in [-0.1, -0.05) is 43.0 Å². The highest BCUT2D eigenvalue weighted by molar-refractivity contribution is 7.99. The minimum Gasteiger partial charge on any atom is -0.274 e. The summed E-state index contributed by atoms with van der Waals surface area (Å²) in [7, 11) is 0. The molecular formula is C19H19FN4O2S. The Morgan fingerprint density at radius 3 is 2.41 bits per heavy atom. The molecule has 0 unspecified atom stereocenters. The van der Waals surface area contributed by atoms with Crippen LogP contribution in [0.25, 0.3) is 5.69 Å². The first kappa shape index (κ1) is 19.0. The first-order chi connectivity index (χ1) is 13.0. The van der Waals surface area contributed by atoms with Crippen molar-refractivity contribution in [2.24, 2.45) is 0 Å². The van der Waals surface area contributed by atoms with Gasteiger partial charge in [0.15, 0.2) is 5.16 Å². The second kappa shape index (κ2) is 8.30. The Kier molecular flexibility index (Phi) is 5.85.